The summed E-state index contributed by atoms with van der Waals surface area (Å²) in [4.78, 5) is 43.4. The van der Waals surface area contributed by atoms with Gasteiger partial charge in [0.1, 0.15) is 11.5 Å². The molecule has 4 rings (SSSR count). The fourth-order valence-corrected chi connectivity index (χ4v) is 4.68. The number of rotatable bonds is 17. The Morgan fingerprint density at radius 1 is 1.02 bits per heavy atom. The number of unbranched alkanes of at least 4 members (excludes halogenated alkanes) is 3. The van der Waals surface area contributed by atoms with Crippen LogP contribution >= 0.6 is 11.6 Å². The highest BCUT2D eigenvalue weighted by Crippen LogP contribution is 2.30. The van der Waals surface area contributed by atoms with Crippen LogP contribution in [-0.4, -0.2) is 60.5 Å². The third kappa shape index (κ3) is 8.83. The first kappa shape index (κ1) is 32.1. The molecule has 0 aliphatic heterocycles. The van der Waals surface area contributed by atoms with Crippen LogP contribution in [0.25, 0.3) is 22.5 Å². The number of hydrogen-bond acceptors (Lipinski definition) is 11. The number of ether oxygens (including phenoxy) is 2. The molecule has 4 aromatic rings. The summed E-state index contributed by atoms with van der Waals surface area (Å²) in [5, 5.41) is 21.9. The van der Waals surface area contributed by atoms with Gasteiger partial charge in [0.25, 0.3) is 5.09 Å². The van der Waals surface area contributed by atoms with E-state index in [0.717, 1.165) is 58.4 Å². The van der Waals surface area contributed by atoms with Gasteiger partial charge in [-0.2, -0.15) is 0 Å². The number of carbonyl (C=O) groups is 2. The lowest BCUT2D eigenvalue weighted by atomic mass is 9.98. The molecule has 14 nitrogen and oxygen atoms in total. The van der Waals surface area contributed by atoms with E-state index in [9.17, 15) is 19.7 Å². The van der Waals surface area contributed by atoms with Gasteiger partial charge in [0.15, 0.2) is 11.4 Å². The molecule has 0 atom stereocenters. The van der Waals surface area contributed by atoms with Gasteiger partial charge in [-0.25, -0.2) is 9.78 Å². The third-order valence-electron chi connectivity index (χ3n) is 6.64. The number of aldehydes is 1. The van der Waals surface area contributed by atoms with Crippen LogP contribution in [0.15, 0.2) is 48.5 Å². The molecule has 0 bridgehead atoms. The van der Waals surface area contributed by atoms with Crippen molar-refractivity contribution in [3.8, 4) is 22.5 Å². The fourth-order valence-electron chi connectivity index (χ4n) is 4.43. The van der Waals surface area contributed by atoms with Crippen molar-refractivity contribution in [3.63, 3.8) is 0 Å². The SMILES string of the molecule is CCCCc1nc(Cl)c(C=O)n1Cc1ccc(-c2ccccc2-c2nnn(COC(=O)OCCCCCO[N+](=O)[O-])n2)cc1. The molecule has 0 aliphatic carbocycles. The molecular formula is C29H32ClN7O7. The average molecular weight is 626 g/mol. The summed E-state index contributed by atoms with van der Waals surface area (Å²) in [6.07, 6.45) is 4.13. The Bertz CT molecular complexity index is 1560. The van der Waals surface area contributed by atoms with Crippen molar-refractivity contribution >= 4 is 24.0 Å². The summed E-state index contributed by atoms with van der Waals surface area (Å²) in [6.45, 7) is 2.37. The van der Waals surface area contributed by atoms with E-state index in [2.05, 4.69) is 32.2 Å². The highest BCUT2D eigenvalue weighted by Gasteiger charge is 2.17. The van der Waals surface area contributed by atoms with Crippen LogP contribution in [0.3, 0.4) is 0 Å². The molecule has 232 valence electrons. The van der Waals surface area contributed by atoms with Gasteiger partial charge < -0.3 is 18.9 Å². The molecule has 0 radical (unpaired) electrons. The number of nitrogens with zero attached hydrogens (tertiary/aromatic N) is 7. The first-order chi connectivity index (χ1) is 21.4. The van der Waals surface area contributed by atoms with Gasteiger partial charge in [0, 0.05) is 18.5 Å². The second-order valence-corrected chi connectivity index (χ2v) is 10.1. The van der Waals surface area contributed by atoms with Crippen LogP contribution in [-0.2, 0) is 34.0 Å². The molecule has 0 saturated carbocycles. The molecule has 0 unspecified atom stereocenters. The van der Waals surface area contributed by atoms with Gasteiger partial charge in [-0.15, -0.1) is 25.1 Å². The number of hydrogen-bond donors (Lipinski definition) is 0. The Labute approximate surface area is 258 Å². The van der Waals surface area contributed by atoms with Crippen LogP contribution in [0.5, 0.6) is 0 Å². The van der Waals surface area contributed by atoms with Crippen LogP contribution in [0.2, 0.25) is 5.15 Å². The van der Waals surface area contributed by atoms with Gasteiger partial charge in [-0.3, -0.25) is 4.79 Å². The number of tetrazole rings is 1. The molecule has 0 N–H and O–H groups in total. The minimum absolute atomic E-state index is 0.00259. The lowest BCUT2D eigenvalue weighted by molar-refractivity contribution is -0.757. The first-order valence-corrected chi connectivity index (χ1v) is 14.5. The molecule has 2 aromatic carbocycles. The molecular weight excluding hydrogens is 594 g/mol. The highest BCUT2D eigenvalue weighted by atomic mass is 35.5. The van der Waals surface area contributed by atoms with E-state index in [4.69, 9.17) is 21.1 Å². The minimum atomic E-state index is -0.887. The van der Waals surface area contributed by atoms with E-state index in [1.807, 2.05) is 53.1 Å². The van der Waals surface area contributed by atoms with Crippen LogP contribution in [0, 0.1) is 10.1 Å². The standard InChI is InChI=1S/C29H32ClN7O7/c1-2-3-11-26-31-27(30)25(19-38)35(26)18-21-12-14-22(15-13-21)23-9-5-6-10-24(23)28-32-34-36(33-28)20-43-29(39)42-16-7-4-8-17-44-37(40)41/h5-6,9-10,12-15,19H,2-4,7-8,11,16-18,20H2,1H3. The van der Waals surface area contributed by atoms with Crippen LogP contribution in [0.1, 0.15) is 60.9 Å². The zero-order chi connectivity index (χ0) is 31.3. The zero-order valence-electron chi connectivity index (χ0n) is 24.1. The summed E-state index contributed by atoms with van der Waals surface area (Å²) in [6, 6.07) is 15.6. The number of imidazole rings is 1. The van der Waals surface area contributed by atoms with E-state index >= 15 is 0 Å². The van der Waals surface area contributed by atoms with Gasteiger partial charge in [0.2, 0.25) is 12.6 Å². The Kier molecular flexibility index (Phi) is 11.8. The van der Waals surface area contributed by atoms with Gasteiger partial charge >= 0.3 is 6.16 Å². The van der Waals surface area contributed by atoms with E-state index in [1.165, 1.54) is 0 Å². The zero-order valence-corrected chi connectivity index (χ0v) is 24.9. The van der Waals surface area contributed by atoms with Crippen molar-refractivity contribution in [1.29, 1.82) is 0 Å². The predicted octanol–water partition coefficient (Wildman–Crippen LogP) is 5.55. The lowest BCUT2D eigenvalue weighted by Gasteiger charge is -2.11. The topological polar surface area (TPSA) is 166 Å². The molecule has 0 fully saturated rings. The first-order valence-electron chi connectivity index (χ1n) is 14.1. The summed E-state index contributed by atoms with van der Waals surface area (Å²) in [5.41, 5.74) is 3.90. The molecule has 15 heteroatoms. The normalized spacial score (nSPS) is 10.9. The second-order valence-electron chi connectivity index (χ2n) is 9.73. The second kappa shape index (κ2) is 16.1. The number of benzene rings is 2. The molecule has 0 amide bonds. The van der Waals surface area contributed by atoms with Gasteiger partial charge in [0.05, 0.1) is 13.2 Å². The maximum Gasteiger partial charge on any atom is 0.510 e. The van der Waals surface area contributed by atoms with Crippen molar-refractivity contribution in [2.24, 2.45) is 0 Å². The largest absolute Gasteiger partial charge is 0.510 e. The monoisotopic (exact) mass is 625 g/mol. The number of aromatic nitrogens is 6. The van der Waals surface area contributed by atoms with Gasteiger partial charge in [-0.1, -0.05) is 73.5 Å². The maximum absolute atomic E-state index is 11.9. The van der Waals surface area contributed by atoms with E-state index in [-0.39, 0.29) is 25.1 Å². The number of aryl methyl sites for hydroxylation is 1. The van der Waals surface area contributed by atoms with E-state index < -0.39 is 11.2 Å². The molecule has 0 saturated heterocycles. The van der Waals surface area contributed by atoms with Crippen molar-refractivity contribution in [2.45, 2.75) is 58.7 Å². The quantitative estimate of drug-likeness (QED) is 0.0474. The minimum Gasteiger partial charge on any atom is -0.434 e. The van der Waals surface area contributed by atoms with Gasteiger partial charge in [-0.05, 0) is 47.6 Å². The fraction of sp³-hybridized carbons (Fsp3) is 0.379. The molecule has 0 aliphatic rings. The highest BCUT2D eigenvalue weighted by molar-refractivity contribution is 6.31. The van der Waals surface area contributed by atoms with Crippen molar-refractivity contribution in [1.82, 2.24) is 29.8 Å². The molecule has 0 spiro atoms. The molecule has 2 aromatic heterocycles. The summed E-state index contributed by atoms with van der Waals surface area (Å²) < 4.78 is 11.9. The lowest BCUT2D eigenvalue weighted by Crippen LogP contribution is -2.14. The Hall–Kier alpha value is -4.85. The molecule has 44 heavy (non-hydrogen) atoms. The van der Waals surface area contributed by atoms with Crippen LogP contribution < -0.4 is 0 Å². The van der Waals surface area contributed by atoms with E-state index in [0.29, 0.717) is 37.3 Å². The van der Waals surface area contributed by atoms with Crippen molar-refractivity contribution in [3.05, 3.63) is 80.9 Å². The van der Waals surface area contributed by atoms with Crippen molar-refractivity contribution in [2.75, 3.05) is 13.2 Å². The predicted molar refractivity (Wildman–Crippen MR) is 158 cm³/mol. The van der Waals surface area contributed by atoms with Crippen molar-refractivity contribution < 1.29 is 29.0 Å². The Morgan fingerprint density at radius 2 is 1.77 bits per heavy atom. The Balaban J connectivity index is 1.36. The summed E-state index contributed by atoms with van der Waals surface area (Å²) in [5.74, 6) is 1.14. The Morgan fingerprint density at radius 3 is 2.50 bits per heavy atom. The third-order valence-corrected chi connectivity index (χ3v) is 6.91. The summed E-state index contributed by atoms with van der Waals surface area (Å²) in [7, 11) is 0. The maximum atomic E-state index is 11.9. The van der Waals surface area contributed by atoms with E-state index in [1.54, 1.807) is 0 Å². The number of halogens is 1. The smallest absolute Gasteiger partial charge is 0.434 e. The number of carbonyl (C=O) groups excluding carboxylic acids is 2. The summed E-state index contributed by atoms with van der Waals surface area (Å²) >= 11 is 6.23. The van der Waals surface area contributed by atoms with Crippen LogP contribution in [0.4, 0.5) is 4.79 Å². The molecule has 2 heterocycles. The average Bonchev–Trinajstić information content (AvgIpc) is 3.62.